The van der Waals surface area contributed by atoms with Crippen LogP contribution in [0.2, 0.25) is 0 Å². The molecule has 0 fully saturated rings. The van der Waals surface area contributed by atoms with Crippen LogP contribution >= 0.6 is 27.7 Å². The molecule has 1 atom stereocenters. The van der Waals surface area contributed by atoms with E-state index in [2.05, 4.69) is 26.2 Å². The largest absolute Gasteiger partial charge is 0.392 e. The van der Waals surface area contributed by atoms with E-state index in [1.54, 1.807) is 37.3 Å². The number of aromatic nitrogens is 2. The molecule has 0 bridgehead atoms. The summed E-state index contributed by atoms with van der Waals surface area (Å²) in [6.45, 7) is 1.72. The number of nitrogens with zero attached hydrogens (tertiary/aromatic N) is 2. The second-order valence-corrected chi connectivity index (χ2v) is 7.88. The summed E-state index contributed by atoms with van der Waals surface area (Å²) in [5, 5.41) is 13.4. The van der Waals surface area contributed by atoms with Crippen molar-refractivity contribution < 1.29 is 9.90 Å². The number of aliphatic hydroxyl groups is 1. The summed E-state index contributed by atoms with van der Waals surface area (Å²) in [6, 6.07) is 14.4. The van der Waals surface area contributed by atoms with E-state index < -0.39 is 6.10 Å². The van der Waals surface area contributed by atoms with Gasteiger partial charge in [-0.2, -0.15) is 0 Å². The second kappa shape index (κ2) is 8.69. The molecule has 140 valence electrons. The Morgan fingerprint density at radius 3 is 2.81 bits per heavy atom. The molecule has 0 aliphatic heterocycles. The van der Waals surface area contributed by atoms with E-state index in [4.69, 9.17) is 0 Å². The molecule has 3 rings (SSSR count). The van der Waals surface area contributed by atoms with Crippen LogP contribution in [0.3, 0.4) is 0 Å². The van der Waals surface area contributed by atoms with Crippen LogP contribution in [0.5, 0.6) is 0 Å². The van der Waals surface area contributed by atoms with Gasteiger partial charge >= 0.3 is 0 Å². The fraction of sp³-hybridized carbons (Fsp3) is 0.211. The molecule has 0 saturated heterocycles. The number of amides is 1. The van der Waals surface area contributed by atoms with Crippen molar-refractivity contribution in [1.82, 2.24) is 9.55 Å². The first-order valence-electron chi connectivity index (χ1n) is 8.30. The maximum Gasteiger partial charge on any atom is 0.262 e. The van der Waals surface area contributed by atoms with Crippen LogP contribution in [0, 0.1) is 0 Å². The molecule has 6 nitrogen and oxygen atoms in total. The number of halogens is 1. The smallest absolute Gasteiger partial charge is 0.262 e. The zero-order valence-electron chi connectivity index (χ0n) is 14.6. The molecular weight excluding hydrogens is 430 g/mol. The van der Waals surface area contributed by atoms with Crippen molar-refractivity contribution >= 4 is 50.2 Å². The summed E-state index contributed by atoms with van der Waals surface area (Å²) in [5.41, 5.74) is 1.03. The van der Waals surface area contributed by atoms with Crippen LogP contribution in [0.4, 0.5) is 5.69 Å². The summed E-state index contributed by atoms with van der Waals surface area (Å²) >= 11 is 4.53. The zero-order valence-corrected chi connectivity index (χ0v) is 17.0. The number of fused-ring (bicyclic) bond motifs is 1. The van der Waals surface area contributed by atoms with Gasteiger partial charge in [-0.15, -0.1) is 0 Å². The zero-order chi connectivity index (χ0) is 19.4. The van der Waals surface area contributed by atoms with Crippen molar-refractivity contribution in [3.8, 4) is 0 Å². The van der Waals surface area contributed by atoms with Gasteiger partial charge in [-0.1, -0.05) is 45.9 Å². The van der Waals surface area contributed by atoms with Crippen molar-refractivity contribution in [2.75, 3.05) is 11.1 Å². The van der Waals surface area contributed by atoms with E-state index >= 15 is 0 Å². The van der Waals surface area contributed by atoms with Crippen molar-refractivity contribution in [1.29, 1.82) is 0 Å². The van der Waals surface area contributed by atoms with E-state index in [9.17, 15) is 14.7 Å². The third-order valence-corrected chi connectivity index (χ3v) is 5.18. The number of hydrogen-bond acceptors (Lipinski definition) is 5. The summed E-state index contributed by atoms with van der Waals surface area (Å²) in [7, 11) is 0. The molecule has 0 spiro atoms. The standard InChI is InChI=1S/C19H18BrN3O3S/c1-12(24)10-23-18(26)15-7-2-3-8-16(15)22-19(23)27-11-17(25)21-14-6-4-5-13(20)9-14/h2-9,12,24H,10-11H2,1H3,(H,21,25). The first-order chi connectivity index (χ1) is 12.9. The Bertz CT molecular complexity index is 1040. The van der Waals surface area contributed by atoms with Crippen LogP contribution < -0.4 is 10.9 Å². The number of anilines is 1. The number of nitrogens with one attached hydrogen (secondary N) is 1. The molecule has 0 saturated carbocycles. The third kappa shape index (κ3) is 4.97. The van der Waals surface area contributed by atoms with E-state index in [0.717, 1.165) is 4.47 Å². The molecule has 1 heterocycles. The molecule has 0 aliphatic carbocycles. The van der Waals surface area contributed by atoms with Crippen LogP contribution in [0.25, 0.3) is 10.9 Å². The predicted molar refractivity (Wildman–Crippen MR) is 111 cm³/mol. The lowest BCUT2D eigenvalue weighted by Crippen LogP contribution is -2.28. The minimum atomic E-state index is -0.708. The number of carbonyl (C=O) groups is 1. The molecule has 1 unspecified atom stereocenters. The van der Waals surface area contributed by atoms with Crippen LogP contribution in [-0.2, 0) is 11.3 Å². The van der Waals surface area contributed by atoms with Crippen LogP contribution in [-0.4, -0.2) is 32.4 Å². The Kier molecular flexibility index (Phi) is 6.30. The summed E-state index contributed by atoms with van der Waals surface area (Å²) in [6.07, 6.45) is -0.708. The van der Waals surface area contributed by atoms with Crippen LogP contribution in [0.15, 0.2) is 63.0 Å². The third-order valence-electron chi connectivity index (χ3n) is 3.71. The van der Waals surface area contributed by atoms with Gasteiger partial charge in [-0.3, -0.25) is 14.2 Å². The van der Waals surface area contributed by atoms with Crippen LogP contribution in [0.1, 0.15) is 6.92 Å². The number of benzene rings is 2. The molecule has 3 aromatic rings. The topological polar surface area (TPSA) is 84.2 Å². The summed E-state index contributed by atoms with van der Waals surface area (Å²) < 4.78 is 2.29. The van der Waals surface area contributed by atoms with Gasteiger partial charge in [-0.05, 0) is 37.3 Å². The molecule has 0 radical (unpaired) electrons. The van der Waals surface area contributed by atoms with E-state index in [1.807, 2.05) is 18.2 Å². The SMILES string of the molecule is CC(O)Cn1c(SCC(=O)Nc2cccc(Br)c2)nc2ccccc2c1=O. The van der Waals surface area contributed by atoms with Gasteiger partial charge in [0.25, 0.3) is 5.56 Å². The van der Waals surface area contributed by atoms with Gasteiger partial charge in [-0.25, -0.2) is 4.98 Å². The first-order valence-corrected chi connectivity index (χ1v) is 10.1. The molecule has 2 aromatic carbocycles. The van der Waals surface area contributed by atoms with Crippen molar-refractivity contribution in [3.05, 3.63) is 63.4 Å². The molecule has 1 aromatic heterocycles. The number of para-hydroxylation sites is 1. The van der Waals surface area contributed by atoms with E-state index in [0.29, 0.717) is 21.7 Å². The molecular formula is C19H18BrN3O3S. The first kappa shape index (κ1) is 19.6. The lowest BCUT2D eigenvalue weighted by atomic mass is 10.2. The Hall–Kier alpha value is -2.16. The number of carbonyl (C=O) groups excluding carboxylic acids is 1. The second-order valence-electron chi connectivity index (χ2n) is 6.02. The predicted octanol–water partition coefficient (Wildman–Crippen LogP) is 3.27. The van der Waals surface area contributed by atoms with Crippen molar-refractivity contribution in [2.45, 2.75) is 24.7 Å². The maximum absolute atomic E-state index is 12.8. The van der Waals surface area contributed by atoms with Crippen molar-refractivity contribution in [2.24, 2.45) is 0 Å². The minimum absolute atomic E-state index is 0.0943. The lowest BCUT2D eigenvalue weighted by molar-refractivity contribution is -0.113. The Morgan fingerprint density at radius 2 is 2.07 bits per heavy atom. The lowest BCUT2D eigenvalue weighted by Gasteiger charge is -2.14. The van der Waals surface area contributed by atoms with Gasteiger partial charge in [0.05, 0.1) is 29.3 Å². The minimum Gasteiger partial charge on any atom is -0.392 e. The number of rotatable bonds is 6. The number of thioether (sulfide) groups is 1. The monoisotopic (exact) mass is 447 g/mol. The molecule has 8 heteroatoms. The van der Waals surface area contributed by atoms with Crippen molar-refractivity contribution in [3.63, 3.8) is 0 Å². The highest BCUT2D eigenvalue weighted by molar-refractivity contribution is 9.10. The highest BCUT2D eigenvalue weighted by atomic mass is 79.9. The Labute approximate surface area is 168 Å². The number of aliphatic hydroxyl groups excluding tert-OH is 1. The molecule has 1 amide bonds. The van der Waals surface area contributed by atoms with E-state index in [1.165, 1.54) is 16.3 Å². The van der Waals surface area contributed by atoms with Gasteiger partial charge in [0.15, 0.2) is 5.16 Å². The van der Waals surface area contributed by atoms with Gasteiger partial charge in [0.1, 0.15) is 0 Å². The molecule has 2 N–H and O–H groups in total. The summed E-state index contributed by atoms with van der Waals surface area (Å²) in [4.78, 5) is 29.5. The molecule has 0 aliphatic rings. The highest BCUT2D eigenvalue weighted by Gasteiger charge is 2.14. The highest BCUT2D eigenvalue weighted by Crippen LogP contribution is 2.20. The summed E-state index contributed by atoms with van der Waals surface area (Å²) in [5.74, 6) is -0.110. The number of hydrogen-bond donors (Lipinski definition) is 2. The fourth-order valence-electron chi connectivity index (χ4n) is 2.58. The Morgan fingerprint density at radius 1 is 1.30 bits per heavy atom. The van der Waals surface area contributed by atoms with Gasteiger partial charge < -0.3 is 10.4 Å². The average molecular weight is 448 g/mol. The maximum atomic E-state index is 12.8. The molecule has 27 heavy (non-hydrogen) atoms. The normalized spacial score (nSPS) is 12.1. The van der Waals surface area contributed by atoms with Gasteiger partial charge in [0, 0.05) is 10.2 Å². The van der Waals surface area contributed by atoms with E-state index in [-0.39, 0.29) is 23.8 Å². The Balaban J connectivity index is 1.82. The fourth-order valence-corrected chi connectivity index (χ4v) is 3.78. The van der Waals surface area contributed by atoms with Gasteiger partial charge in [0.2, 0.25) is 5.91 Å². The quantitative estimate of drug-likeness (QED) is 0.447. The average Bonchev–Trinajstić information content (AvgIpc) is 2.62.